The molecule has 0 saturated heterocycles. The second-order valence-corrected chi connectivity index (χ2v) is 5.84. The zero-order chi connectivity index (χ0) is 14.8. The van der Waals surface area contributed by atoms with Crippen molar-refractivity contribution in [3.8, 4) is 0 Å². The summed E-state index contributed by atoms with van der Waals surface area (Å²) in [7, 11) is 0. The van der Waals surface area contributed by atoms with Crippen molar-refractivity contribution in [2.24, 2.45) is 0 Å². The van der Waals surface area contributed by atoms with Gasteiger partial charge < -0.3 is 0 Å². The van der Waals surface area contributed by atoms with E-state index >= 15 is 0 Å². The van der Waals surface area contributed by atoms with E-state index < -0.39 is 0 Å². The number of amides is 1. The number of carbonyl (C=O) groups is 1. The molecule has 1 heterocycles. The van der Waals surface area contributed by atoms with Crippen molar-refractivity contribution >= 4 is 32.6 Å². The van der Waals surface area contributed by atoms with E-state index in [0.717, 1.165) is 20.9 Å². The highest BCUT2D eigenvalue weighted by molar-refractivity contribution is 7.22. The van der Waals surface area contributed by atoms with Crippen molar-refractivity contribution in [1.29, 1.82) is 0 Å². The summed E-state index contributed by atoms with van der Waals surface area (Å²) in [5.74, 6) is -0.00481. The molecule has 0 N–H and O–H groups in total. The smallest absolute Gasteiger partial charge is 0.260 e. The Hall–Kier alpha value is -2.20. The number of thiazole rings is 1. The number of benzene rings is 2. The second-order valence-electron chi connectivity index (χ2n) is 4.83. The van der Waals surface area contributed by atoms with Crippen LogP contribution < -0.4 is 4.90 Å². The molecule has 1 aromatic heterocycles. The largest absolute Gasteiger partial charge is 0.284 e. The Labute approximate surface area is 127 Å². The molecule has 3 nitrogen and oxygen atoms in total. The molecule has 0 fully saturated rings. The summed E-state index contributed by atoms with van der Waals surface area (Å²) in [5, 5.41) is 0.760. The van der Waals surface area contributed by atoms with Gasteiger partial charge in [-0.3, -0.25) is 9.69 Å². The van der Waals surface area contributed by atoms with Gasteiger partial charge in [-0.15, -0.1) is 0 Å². The number of rotatable bonds is 3. The van der Waals surface area contributed by atoms with Crippen molar-refractivity contribution in [2.75, 3.05) is 11.4 Å². The van der Waals surface area contributed by atoms with Crippen LogP contribution in [0.3, 0.4) is 0 Å². The third-order valence-corrected chi connectivity index (χ3v) is 4.47. The third kappa shape index (κ3) is 2.54. The van der Waals surface area contributed by atoms with Crippen LogP contribution in [0.15, 0.2) is 48.5 Å². The Bertz CT molecular complexity index is 780. The van der Waals surface area contributed by atoms with Crippen LogP contribution in [-0.4, -0.2) is 17.4 Å². The van der Waals surface area contributed by atoms with Crippen molar-refractivity contribution in [3.05, 3.63) is 59.7 Å². The first kappa shape index (κ1) is 13.8. The molecule has 0 aliphatic rings. The lowest BCUT2D eigenvalue weighted by Crippen LogP contribution is -2.30. The van der Waals surface area contributed by atoms with Crippen LogP contribution in [0.5, 0.6) is 0 Å². The van der Waals surface area contributed by atoms with E-state index in [1.54, 1.807) is 16.2 Å². The summed E-state index contributed by atoms with van der Waals surface area (Å²) in [4.78, 5) is 19.0. The molecular weight excluding hydrogens is 280 g/mol. The van der Waals surface area contributed by atoms with Gasteiger partial charge in [0.2, 0.25) is 0 Å². The monoisotopic (exact) mass is 296 g/mol. The van der Waals surface area contributed by atoms with E-state index in [0.29, 0.717) is 12.1 Å². The predicted molar refractivity (Wildman–Crippen MR) is 88.1 cm³/mol. The number of hydrogen-bond acceptors (Lipinski definition) is 3. The average Bonchev–Trinajstić information content (AvgIpc) is 2.94. The summed E-state index contributed by atoms with van der Waals surface area (Å²) in [6.45, 7) is 4.62. The molecule has 0 saturated carbocycles. The molecule has 0 spiro atoms. The van der Waals surface area contributed by atoms with Crippen LogP contribution in [-0.2, 0) is 0 Å². The summed E-state index contributed by atoms with van der Waals surface area (Å²) >= 11 is 1.56. The van der Waals surface area contributed by atoms with E-state index in [1.165, 1.54) is 0 Å². The maximum Gasteiger partial charge on any atom is 0.260 e. The maximum atomic E-state index is 12.6. The Kier molecular flexibility index (Phi) is 3.71. The van der Waals surface area contributed by atoms with Crippen molar-refractivity contribution in [1.82, 2.24) is 4.98 Å². The molecule has 0 aliphatic heterocycles. The number of hydrogen-bond donors (Lipinski definition) is 0. The van der Waals surface area contributed by atoms with E-state index in [1.807, 2.05) is 62.4 Å². The fraction of sp³-hybridized carbons (Fsp3) is 0.176. The molecule has 21 heavy (non-hydrogen) atoms. The molecular formula is C17H16N2OS. The van der Waals surface area contributed by atoms with Crippen LogP contribution >= 0.6 is 11.3 Å². The van der Waals surface area contributed by atoms with E-state index in [4.69, 9.17) is 0 Å². The molecule has 3 rings (SSSR count). The van der Waals surface area contributed by atoms with Gasteiger partial charge in [-0.05, 0) is 37.6 Å². The van der Waals surface area contributed by atoms with Gasteiger partial charge in [0.05, 0.1) is 10.2 Å². The highest BCUT2D eigenvalue weighted by atomic mass is 32.1. The minimum Gasteiger partial charge on any atom is -0.284 e. The number of anilines is 1. The molecule has 106 valence electrons. The first-order valence-corrected chi connectivity index (χ1v) is 7.75. The fourth-order valence-corrected chi connectivity index (χ4v) is 3.40. The van der Waals surface area contributed by atoms with E-state index in [-0.39, 0.29) is 5.91 Å². The van der Waals surface area contributed by atoms with Gasteiger partial charge >= 0.3 is 0 Å². The first-order chi connectivity index (χ1) is 10.2. The van der Waals surface area contributed by atoms with Crippen LogP contribution in [0.1, 0.15) is 22.8 Å². The van der Waals surface area contributed by atoms with Gasteiger partial charge in [-0.1, -0.05) is 41.7 Å². The van der Waals surface area contributed by atoms with Crippen molar-refractivity contribution in [3.63, 3.8) is 0 Å². The van der Waals surface area contributed by atoms with Crippen molar-refractivity contribution in [2.45, 2.75) is 13.8 Å². The second kappa shape index (κ2) is 5.66. The Morgan fingerprint density at radius 1 is 1.14 bits per heavy atom. The molecule has 0 aliphatic carbocycles. The normalized spacial score (nSPS) is 10.8. The maximum absolute atomic E-state index is 12.6. The van der Waals surface area contributed by atoms with E-state index in [9.17, 15) is 4.79 Å². The quantitative estimate of drug-likeness (QED) is 0.723. The van der Waals surface area contributed by atoms with Crippen molar-refractivity contribution < 1.29 is 4.79 Å². The number of aryl methyl sites for hydroxylation is 1. The minimum absolute atomic E-state index is 0.00481. The number of para-hydroxylation sites is 1. The Morgan fingerprint density at radius 3 is 2.57 bits per heavy atom. The standard InChI is InChI=1S/C17H16N2OS/c1-3-19(16(20)13-9-5-4-6-10-13)17-18-15-12(2)8-7-11-14(15)21-17/h4-11H,3H2,1-2H3. The molecule has 4 heteroatoms. The fourth-order valence-electron chi connectivity index (χ4n) is 2.29. The molecule has 1 amide bonds. The lowest BCUT2D eigenvalue weighted by molar-refractivity contribution is 0.0988. The lowest BCUT2D eigenvalue weighted by atomic mass is 10.2. The van der Waals surface area contributed by atoms with Crippen LogP contribution in [0.2, 0.25) is 0 Å². The highest BCUT2D eigenvalue weighted by Crippen LogP contribution is 2.31. The number of aromatic nitrogens is 1. The lowest BCUT2D eigenvalue weighted by Gasteiger charge is -2.17. The topological polar surface area (TPSA) is 33.2 Å². The number of nitrogens with zero attached hydrogens (tertiary/aromatic N) is 2. The molecule has 0 atom stereocenters. The zero-order valence-corrected chi connectivity index (χ0v) is 12.9. The third-order valence-electron chi connectivity index (χ3n) is 3.42. The van der Waals surface area contributed by atoms with Gasteiger partial charge in [0, 0.05) is 12.1 Å². The average molecular weight is 296 g/mol. The van der Waals surface area contributed by atoms with Gasteiger partial charge in [0.25, 0.3) is 5.91 Å². The molecule has 0 unspecified atom stereocenters. The van der Waals surface area contributed by atoms with Crippen LogP contribution in [0.25, 0.3) is 10.2 Å². The highest BCUT2D eigenvalue weighted by Gasteiger charge is 2.19. The first-order valence-electron chi connectivity index (χ1n) is 6.93. The summed E-state index contributed by atoms with van der Waals surface area (Å²) in [6, 6.07) is 15.5. The van der Waals surface area contributed by atoms with Gasteiger partial charge in [-0.25, -0.2) is 4.98 Å². The van der Waals surface area contributed by atoms with Gasteiger partial charge in [0.1, 0.15) is 0 Å². The molecule has 0 bridgehead atoms. The minimum atomic E-state index is -0.00481. The Balaban J connectivity index is 2.02. The van der Waals surface area contributed by atoms with Crippen LogP contribution in [0, 0.1) is 6.92 Å². The summed E-state index contributed by atoms with van der Waals surface area (Å²) in [6.07, 6.45) is 0. The molecule has 3 aromatic rings. The summed E-state index contributed by atoms with van der Waals surface area (Å²) < 4.78 is 1.12. The molecule has 2 aromatic carbocycles. The SMILES string of the molecule is CCN(C(=O)c1ccccc1)c1nc2c(C)cccc2s1. The number of fused-ring (bicyclic) bond motifs is 1. The molecule has 0 radical (unpaired) electrons. The Morgan fingerprint density at radius 2 is 1.90 bits per heavy atom. The van der Waals surface area contributed by atoms with Crippen LogP contribution in [0.4, 0.5) is 5.13 Å². The van der Waals surface area contributed by atoms with Gasteiger partial charge in [-0.2, -0.15) is 0 Å². The summed E-state index contributed by atoms with van der Waals surface area (Å²) in [5.41, 5.74) is 2.81. The predicted octanol–water partition coefficient (Wildman–Crippen LogP) is 4.27. The van der Waals surface area contributed by atoms with Gasteiger partial charge in [0.15, 0.2) is 5.13 Å². The van der Waals surface area contributed by atoms with E-state index in [2.05, 4.69) is 4.98 Å². The zero-order valence-electron chi connectivity index (χ0n) is 12.0. The number of carbonyl (C=O) groups excluding carboxylic acids is 1.